The van der Waals surface area contributed by atoms with Crippen LogP contribution in [0.2, 0.25) is 0 Å². The zero-order valence-corrected chi connectivity index (χ0v) is 11.3. The van der Waals surface area contributed by atoms with Crippen molar-refractivity contribution in [2.45, 2.75) is 0 Å². The van der Waals surface area contributed by atoms with E-state index in [1.54, 1.807) is 53.6 Å². The maximum absolute atomic E-state index is 12.0. The molecule has 0 spiro atoms. The molecule has 0 aromatic carbocycles. The quantitative estimate of drug-likeness (QED) is 0.786. The zero-order chi connectivity index (χ0) is 14.7. The van der Waals surface area contributed by atoms with E-state index in [1.165, 1.54) is 0 Å². The summed E-state index contributed by atoms with van der Waals surface area (Å²) in [4.78, 5) is 20.2. The fourth-order valence-electron chi connectivity index (χ4n) is 1.86. The van der Waals surface area contributed by atoms with Crippen molar-refractivity contribution in [3.8, 4) is 11.4 Å². The lowest BCUT2D eigenvalue weighted by atomic mass is 10.2. The summed E-state index contributed by atoms with van der Waals surface area (Å²) in [5, 5.41) is 10.6. The van der Waals surface area contributed by atoms with Crippen LogP contribution in [-0.2, 0) is 7.05 Å². The van der Waals surface area contributed by atoms with E-state index in [1.807, 2.05) is 7.05 Å². The van der Waals surface area contributed by atoms with E-state index in [2.05, 4.69) is 25.5 Å². The van der Waals surface area contributed by atoms with Crippen LogP contribution in [0.5, 0.6) is 0 Å². The van der Waals surface area contributed by atoms with Crippen LogP contribution in [0.15, 0.2) is 49.1 Å². The standard InChI is InChI=1S/C14H12N6O/c1-20-9-17-19-13(20)10-5-7-16-12(8-10)18-14(21)11-4-2-3-6-15-11/h2-9H,1H3,(H,16,18,21). The molecule has 3 aromatic rings. The minimum Gasteiger partial charge on any atom is -0.317 e. The molecule has 0 radical (unpaired) electrons. The lowest BCUT2D eigenvalue weighted by Crippen LogP contribution is -2.14. The molecule has 0 saturated carbocycles. The van der Waals surface area contributed by atoms with E-state index < -0.39 is 0 Å². The Balaban J connectivity index is 1.84. The van der Waals surface area contributed by atoms with Gasteiger partial charge in [0.2, 0.25) is 0 Å². The Labute approximate surface area is 120 Å². The number of pyridine rings is 2. The molecule has 0 aliphatic rings. The van der Waals surface area contributed by atoms with Gasteiger partial charge in [-0.25, -0.2) is 4.98 Å². The number of hydrogen-bond donors (Lipinski definition) is 1. The molecule has 3 heterocycles. The molecule has 0 aliphatic heterocycles. The molecule has 7 nitrogen and oxygen atoms in total. The summed E-state index contributed by atoms with van der Waals surface area (Å²) in [5.74, 6) is 0.829. The predicted molar refractivity (Wildman–Crippen MR) is 76.4 cm³/mol. The lowest BCUT2D eigenvalue weighted by Gasteiger charge is -2.05. The maximum Gasteiger partial charge on any atom is 0.275 e. The van der Waals surface area contributed by atoms with Gasteiger partial charge in [0, 0.05) is 25.0 Å². The number of nitrogens with zero attached hydrogens (tertiary/aromatic N) is 5. The zero-order valence-electron chi connectivity index (χ0n) is 11.3. The molecular formula is C14H12N6O. The minimum atomic E-state index is -0.307. The van der Waals surface area contributed by atoms with Gasteiger partial charge in [-0.05, 0) is 24.3 Å². The van der Waals surface area contributed by atoms with Gasteiger partial charge in [-0.15, -0.1) is 10.2 Å². The van der Waals surface area contributed by atoms with Crippen molar-refractivity contribution in [3.63, 3.8) is 0 Å². The van der Waals surface area contributed by atoms with Crippen LogP contribution < -0.4 is 5.32 Å². The second-order valence-electron chi connectivity index (χ2n) is 4.36. The number of nitrogens with one attached hydrogen (secondary N) is 1. The van der Waals surface area contributed by atoms with E-state index >= 15 is 0 Å². The first-order chi connectivity index (χ1) is 10.2. The fraction of sp³-hybridized carbons (Fsp3) is 0.0714. The second-order valence-corrected chi connectivity index (χ2v) is 4.36. The van der Waals surface area contributed by atoms with Gasteiger partial charge in [-0.1, -0.05) is 6.07 Å². The number of rotatable bonds is 3. The molecule has 1 N–H and O–H groups in total. The van der Waals surface area contributed by atoms with E-state index in [-0.39, 0.29) is 5.91 Å². The summed E-state index contributed by atoms with van der Waals surface area (Å²) >= 11 is 0. The molecule has 104 valence electrons. The highest BCUT2D eigenvalue weighted by molar-refractivity contribution is 6.02. The summed E-state index contributed by atoms with van der Waals surface area (Å²) in [6, 6.07) is 8.70. The Morgan fingerprint density at radius 3 is 2.81 bits per heavy atom. The normalized spacial score (nSPS) is 10.3. The smallest absolute Gasteiger partial charge is 0.275 e. The van der Waals surface area contributed by atoms with Crippen LogP contribution in [0.3, 0.4) is 0 Å². The highest BCUT2D eigenvalue weighted by Crippen LogP contribution is 2.18. The summed E-state index contributed by atoms with van der Waals surface area (Å²) in [6.07, 6.45) is 4.79. The first-order valence-corrected chi connectivity index (χ1v) is 6.27. The Kier molecular flexibility index (Phi) is 3.38. The predicted octanol–water partition coefficient (Wildman–Crippen LogP) is 1.52. The van der Waals surface area contributed by atoms with Crippen LogP contribution in [0, 0.1) is 0 Å². The Hall–Kier alpha value is -3.09. The molecule has 3 rings (SSSR count). The maximum atomic E-state index is 12.0. The number of anilines is 1. The van der Waals surface area contributed by atoms with Gasteiger partial charge in [0.1, 0.15) is 17.8 Å². The van der Waals surface area contributed by atoms with Crippen molar-refractivity contribution in [2.75, 3.05) is 5.32 Å². The summed E-state index contributed by atoms with van der Waals surface area (Å²) < 4.78 is 1.79. The number of carbonyl (C=O) groups is 1. The molecule has 0 atom stereocenters. The Bertz CT molecular complexity index is 768. The van der Waals surface area contributed by atoms with E-state index in [0.717, 1.165) is 5.56 Å². The molecule has 1 amide bonds. The highest BCUT2D eigenvalue weighted by Gasteiger charge is 2.10. The van der Waals surface area contributed by atoms with Gasteiger partial charge in [-0.3, -0.25) is 9.78 Å². The van der Waals surface area contributed by atoms with Crippen LogP contribution in [-0.4, -0.2) is 30.6 Å². The number of amides is 1. The molecule has 21 heavy (non-hydrogen) atoms. The lowest BCUT2D eigenvalue weighted by molar-refractivity contribution is 0.102. The molecule has 3 aromatic heterocycles. The number of carbonyl (C=O) groups excluding carboxylic acids is 1. The Morgan fingerprint density at radius 1 is 1.19 bits per heavy atom. The van der Waals surface area contributed by atoms with Gasteiger partial charge in [0.15, 0.2) is 5.82 Å². The van der Waals surface area contributed by atoms with Crippen LogP contribution >= 0.6 is 0 Å². The average Bonchev–Trinajstić information content (AvgIpc) is 2.94. The summed E-state index contributed by atoms with van der Waals surface area (Å²) in [7, 11) is 1.85. The van der Waals surface area contributed by atoms with Gasteiger partial charge >= 0.3 is 0 Å². The van der Waals surface area contributed by atoms with Gasteiger partial charge in [0.25, 0.3) is 5.91 Å². The number of aryl methyl sites for hydroxylation is 1. The van der Waals surface area contributed by atoms with E-state index in [0.29, 0.717) is 17.3 Å². The third-order valence-corrected chi connectivity index (χ3v) is 2.87. The van der Waals surface area contributed by atoms with Crippen molar-refractivity contribution < 1.29 is 4.79 Å². The van der Waals surface area contributed by atoms with Gasteiger partial charge < -0.3 is 9.88 Å². The minimum absolute atomic E-state index is 0.307. The number of aromatic nitrogens is 5. The van der Waals surface area contributed by atoms with Crippen molar-refractivity contribution in [3.05, 3.63) is 54.7 Å². The molecule has 0 fully saturated rings. The molecule has 0 saturated heterocycles. The SMILES string of the molecule is Cn1cnnc1-c1ccnc(NC(=O)c2ccccn2)c1. The largest absolute Gasteiger partial charge is 0.317 e. The van der Waals surface area contributed by atoms with E-state index in [4.69, 9.17) is 0 Å². The van der Waals surface area contributed by atoms with Crippen molar-refractivity contribution in [1.29, 1.82) is 0 Å². The molecule has 0 unspecified atom stereocenters. The van der Waals surface area contributed by atoms with Gasteiger partial charge in [0.05, 0.1) is 0 Å². The summed E-state index contributed by atoms with van der Waals surface area (Å²) in [5.41, 5.74) is 1.16. The van der Waals surface area contributed by atoms with E-state index in [9.17, 15) is 4.79 Å². The van der Waals surface area contributed by atoms with Crippen molar-refractivity contribution in [1.82, 2.24) is 24.7 Å². The van der Waals surface area contributed by atoms with Crippen LogP contribution in [0.4, 0.5) is 5.82 Å². The first kappa shape index (κ1) is 12.9. The topological polar surface area (TPSA) is 85.6 Å². The second kappa shape index (κ2) is 5.49. The Morgan fingerprint density at radius 2 is 2.10 bits per heavy atom. The third kappa shape index (κ3) is 2.76. The average molecular weight is 280 g/mol. The van der Waals surface area contributed by atoms with Crippen molar-refractivity contribution in [2.24, 2.45) is 7.05 Å². The van der Waals surface area contributed by atoms with Crippen LogP contribution in [0.1, 0.15) is 10.5 Å². The highest BCUT2D eigenvalue weighted by atomic mass is 16.1. The monoisotopic (exact) mass is 280 g/mol. The fourth-order valence-corrected chi connectivity index (χ4v) is 1.86. The van der Waals surface area contributed by atoms with Crippen LogP contribution in [0.25, 0.3) is 11.4 Å². The molecular weight excluding hydrogens is 268 g/mol. The molecule has 7 heteroatoms. The van der Waals surface area contributed by atoms with Crippen molar-refractivity contribution >= 4 is 11.7 Å². The molecule has 0 bridgehead atoms. The first-order valence-electron chi connectivity index (χ1n) is 6.27. The number of hydrogen-bond acceptors (Lipinski definition) is 5. The van der Waals surface area contributed by atoms with Gasteiger partial charge in [-0.2, -0.15) is 0 Å². The molecule has 0 aliphatic carbocycles. The summed E-state index contributed by atoms with van der Waals surface area (Å²) in [6.45, 7) is 0. The third-order valence-electron chi connectivity index (χ3n) is 2.87.